The summed E-state index contributed by atoms with van der Waals surface area (Å²) in [6.45, 7) is 1.86. The van der Waals surface area contributed by atoms with Gasteiger partial charge in [-0.25, -0.2) is 0 Å². The molecule has 1 unspecified atom stereocenters. The van der Waals surface area contributed by atoms with Gasteiger partial charge < -0.3 is 10.1 Å². The van der Waals surface area contributed by atoms with E-state index >= 15 is 0 Å². The molecule has 2 heteroatoms. The molecule has 1 heterocycles. The van der Waals surface area contributed by atoms with Crippen molar-refractivity contribution in [2.45, 2.75) is 31.6 Å². The molecule has 1 N–H and O–H groups in total. The van der Waals surface area contributed by atoms with E-state index in [2.05, 4.69) is 29.6 Å². The molecule has 1 aromatic rings. The van der Waals surface area contributed by atoms with E-state index in [0.29, 0.717) is 5.92 Å². The zero-order valence-corrected chi connectivity index (χ0v) is 10.0. The van der Waals surface area contributed by atoms with Crippen molar-refractivity contribution >= 4 is 5.69 Å². The molecule has 2 rings (SSSR count). The maximum Gasteiger partial charge on any atom is 0.0471 e. The van der Waals surface area contributed by atoms with Gasteiger partial charge in [-0.05, 0) is 42.9 Å². The van der Waals surface area contributed by atoms with Crippen molar-refractivity contribution in [1.82, 2.24) is 0 Å². The third-order valence-electron chi connectivity index (χ3n) is 3.37. The second-order valence-electron chi connectivity index (χ2n) is 4.47. The molecule has 16 heavy (non-hydrogen) atoms. The average Bonchev–Trinajstić information content (AvgIpc) is 2.29. The highest BCUT2D eigenvalue weighted by Crippen LogP contribution is 2.28. The first-order valence-electron chi connectivity index (χ1n) is 6.25. The van der Waals surface area contributed by atoms with Crippen LogP contribution in [-0.4, -0.2) is 20.3 Å². The molecule has 1 atom stereocenters. The number of rotatable bonds is 2. The molecule has 1 aliphatic heterocycles. The summed E-state index contributed by atoms with van der Waals surface area (Å²) in [5.74, 6) is 0.686. The van der Waals surface area contributed by atoms with Crippen LogP contribution in [0.25, 0.3) is 0 Å². The van der Waals surface area contributed by atoms with Gasteiger partial charge in [0.05, 0.1) is 0 Å². The number of hydrogen-bond acceptors (Lipinski definition) is 2. The van der Waals surface area contributed by atoms with Crippen molar-refractivity contribution in [2.75, 3.05) is 25.6 Å². The maximum absolute atomic E-state index is 5.56. The first-order valence-corrected chi connectivity index (χ1v) is 6.25. The monoisotopic (exact) mass is 219 g/mol. The molecule has 1 fully saturated rings. The van der Waals surface area contributed by atoms with Crippen LogP contribution < -0.4 is 5.32 Å². The summed E-state index contributed by atoms with van der Waals surface area (Å²) in [6, 6.07) is 8.82. The van der Waals surface area contributed by atoms with Gasteiger partial charge in [0.15, 0.2) is 0 Å². The molecule has 1 aliphatic rings. The van der Waals surface area contributed by atoms with Crippen molar-refractivity contribution in [3.63, 3.8) is 0 Å². The number of hydrogen-bond donors (Lipinski definition) is 1. The standard InChI is InChI=1S/C14H21NO/c1-15-14-7-5-13(6-8-14)12-4-2-3-10-16-11-9-12/h5-8,12,15H,2-4,9-11H2,1H3. The lowest BCUT2D eigenvalue weighted by atomic mass is 9.90. The molecule has 0 amide bonds. The van der Waals surface area contributed by atoms with Crippen LogP contribution in [-0.2, 0) is 4.74 Å². The summed E-state index contributed by atoms with van der Waals surface area (Å²) < 4.78 is 5.56. The van der Waals surface area contributed by atoms with Gasteiger partial charge in [-0.2, -0.15) is 0 Å². The van der Waals surface area contributed by atoms with E-state index in [4.69, 9.17) is 4.74 Å². The van der Waals surface area contributed by atoms with Gasteiger partial charge in [0.25, 0.3) is 0 Å². The second-order valence-corrected chi connectivity index (χ2v) is 4.47. The number of benzene rings is 1. The second kappa shape index (κ2) is 5.90. The van der Waals surface area contributed by atoms with E-state index in [1.165, 1.54) is 36.9 Å². The molecular formula is C14H21NO. The maximum atomic E-state index is 5.56. The lowest BCUT2D eigenvalue weighted by Crippen LogP contribution is -2.09. The van der Waals surface area contributed by atoms with E-state index in [-0.39, 0.29) is 0 Å². The first-order chi connectivity index (χ1) is 7.90. The Morgan fingerprint density at radius 2 is 1.88 bits per heavy atom. The minimum atomic E-state index is 0.686. The summed E-state index contributed by atoms with van der Waals surface area (Å²) in [6.07, 6.45) is 4.98. The van der Waals surface area contributed by atoms with Crippen molar-refractivity contribution in [2.24, 2.45) is 0 Å². The minimum absolute atomic E-state index is 0.686. The van der Waals surface area contributed by atoms with Gasteiger partial charge in [0, 0.05) is 25.9 Å². The zero-order valence-electron chi connectivity index (χ0n) is 10.0. The van der Waals surface area contributed by atoms with Crippen molar-refractivity contribution in [1.29, 1.82) is 0 Å². The fourth-order valence-electron chi connectivity index (χ4n) is 2.32. The van der Waals surface area contributed by atoms with E-state index < -0.39 is 0 Å². The first kappa shape index (κ1) is 11.5. The Labute approximate surface area is 98.0 Å². The van der Waals surface area contributed by atoms with Crippen LogP contribution >= 0.6 is 0 Å². The Bertz CT molecular complexity index is 299. The normalized spacial score (nSPS) is 22.2. The Morgan fingerprint density at radius 1 is 1.06 bits per heavy atom. The molecule has 0 spiro atoms. The zero-order chi connectivity index (χ0) is 11.2. The van der Waals surface area contributed by atoms with Crippen molar-refractivity contribution in [3.8, 4) is 0 Å². The van der Waals surface area contributed by atoms with Crippen LogP contribution in [0, 0.1) is 0 Å². The third kappa shape index (κ3) is 2.99. The predicted octanol–water partition coefficient (Wildman–Crippen LogP) is 3.40. The van der Waals surface area contributed by atoms with E-state index in [9.17, 15) is 0 Å². The SMILES string of the molecule is CNc1ccc(C2CCCCOCC2)cc1. The molecule has 0 bridgehead atoms. The number of nitrogens with one attached hydrogen (secondary N) is 1. The summed E-state index contributed by atoms with van der Waals surface area (Å²) in [5.41, 5.74) is 2.65. The number of anilines is 1. The van der Waals surface area contributed by atoms with Gasteiger partial charge in [-0.1, -0.05) is 18.6 Å². The lowest BCUT2D eigenvalue weighted by molar-refractivity contribution is 0.111. The minimum Gasteiger partial charge on any atom is -0.388 e. The Balaban J connectivity index is 2.02. The van der Waals surface area contributed by atoms with Crippen molar-refractivity contribution < 1.29 is 4.74 Å². The van der Waals surface area contributed by atoms with Gasteiger partial charge in [-0.3, -0.25) is 0 Å². The molecule has 88 valence electrons. The average molecular weight is 219 g/mol. The van der Waals surface area contributed by atoms with Gasteiger partial charge in [0.2, 0.25) is 0 Å². The van der Waals surface area contributed by atoms with Crippen LogP contribution in [0.2, 0.25) is 0 Å². The summed E-state index contributed by atoms with van der Waals surface area (Å²) in [7, 11) is 1.96. The van der Waals surface area contributed by atoms with Gasteiger partial charge in [-0.15, -0.1) is 0 Å². The number of ether oxygens (including phenoxy) is 1. The smallest absolute Gasteiger partial charge is 0.0471 e. The fraction of sp³-hybridized carbons (Fsp3) is 0.571. The summed E-state index contributed by atoms with van der Waals surface area (Å²) in [5, 5.41) is 3.15. The topological polar surface area (TPSA) is 21.3 Å². The largest absolute Gasteiger partial charge is 0.388 e. The van der Waals surface area contributed by atoms with Crippen LogP contribution in [0.4, 0.5) is 5.69 Å². The summed E-state index contributed by atoms with van der Waals surface area (Å²) >= 11 is 0. The highest BCUT2D eigenvalue weighted by atomic mass is 16.5. The summed E-state index contributed by atoms with van der Waals surface area (Å²) in [4.78, 5) is 0. The molecule has 1 aromatic carbocycles. The van der Waals surface area contributed by atoms with E-state index in [1.54, 1.807) is 0 Å². The molecule has 1 saturated heterocycles. The highest BCUT2D eigenvalue weighted by molar-refractivity contribution is 5.44. The molecule has 0 radical (unpaired) electrons. The van der Waals surface area contributed by atoms with Gasteiger partial charge >= 0.3 is 0 Å². The van der Waals surface area contributed by atoms with Crippen LogP contribution in [0.15, 0.2) is 24.3 Å². The van der Waals surface area contributed by atoms with Crippen LogP contribution in [0.5, 0.6) is 0 Å². The third-order valence-corrected chi connectivity index (χ3v) is 3.37. The van der Waals surface area contributed by atoms with E-state index in [1.807, 2.05) is 7.05 Å². The quantitative estimate of drug-likeness (QED) is 0.823. The molecular weight excluding hydrogens is 198 g/mol. The molecule has 0 aromatic heterocycles. The molecule has 2 nitrogen and oxygen atoms in total. The predicted molar refractivity (Wildman–Crippen MR) is 68.0 cm³/mol. The fourth-order valence-corrected chi connectivity index (χ4v) is 2.32. The Hall–Kier alpha value is -1.02. The lowest BCUT2D eigenvalue weighted by Gasteiger charge is -2.20. The molecule has 0 aliphatic carbocycles. The Morgan fingerprint density at radius 3 is 2.62 bits per heavy atom. The van der Waals surface area contributed by atoms with E-state index in [0.717, 1.165) is 13.2 Å². The van der Waals surface area contributed by atoms with Crippen LogP contribution in [0.1, 0.15) is 37.2 Å². The van der Waals surface area contributed by atoms with Crippen LogP contribution in [0.3, 0.4) is 0 Å². The Kier molecular flexibility index (Phi) is 4.23. The van der Waals surface area contributed by atoms with Gasteiger partial charge in [0.1, 0.15) is 0 Å². The highest BCUT2D eigenvalue weighted by Gasteiger charge is 2.13. The van der Waals surface area contributed by atoms with Crippen molar-refractivity contribution in [3.05, 3.63) is 29.8 Å². The molecule has 0 saturated carbocycles.